The van der Waals surface area contributed by atoms with Crippen molar-refractivity contribution >= 4 is 23.0 Å². The number of hydrogen-bond donors (Lipinski definition) is 1. The molecule has 1 saturated carbocycles. The van der Waals surface area contributed by atoms with Gasteiger partial charge in [-0.25, -0.2) is 4.39 Å². The van der Waals surface area contributed by atoms with Gasteiger partial charge in [-0.05, 0) is 36.2 Å². The lowest BCUT2D eigenvalue weighted by atomic mass is 9.89. The van der Waals surface area contributed by atoms with Crippen molar-refractivity contribution in [3.05, 3.63) is 75.1 Å². The zero-order valence-corrected chi connectivity index (χ0v) is 14.7. The number of ketones is 2. The first-order chi connectivity index (χ1) is 13.4. The number of halogens is 1. The number of nitro groups is 1. The normalized spacial score (nSPS) is 14.1. The fourth-order valence-electron chi connectivity index (χ4n) is 2.97. The van der Waals surface area contributed by atoms with Crippen LogP contribution >= 0.6 is 0 Å². The predicted octanol–water partition coefficient (Wildman–Crippen LogP) is 3.90. The third-order valence-corrected chi connectivity index (χ3v) is 4.35. The molecule has 1 aliphatic rings. The Morgan fingerprint density at radius 2 is 1.75 bits per heavy atom. The molecule has 0 heterocycles. The Hall–Kier alpha value is -3.55. The first-order valence-electron chi connectivity index (χ1n) is 8.53. The van der Waals surface area contributed by atoms with Crippen molar-refractivity contribution in [1.82, 2.24) is 0 Å². The molecule has 8 heteroatoms. The summed E-state index contributed by atoms with van der Waals surface area (Å²) in [7, 11) is 0. The van der Waals surface area contributed by atoms with E-state index in [0.29, 0.717) is 12.0 Å². The van der Waals surface area contributed by atoms with E-state index in [4.69, 9.17) is 4.74 Å². The quantitative estimate of drug-likeness (QED) is 0.275. The number of aliphatic hydroxyl groups is 1. The Bertz CT molecular complexity index is 963. The van der Waals surface area contributed by atoms with Gasteiger partial charge < -0.3 is 9.84 Å². The molecule has 0 bridgehead atoms. The van der Waals surface area contributed by atoms with Gasteiger partial charge in [0.15, 0.2) is 17.3 Å². The number of carbonyl (C=O) groups is 2. The summed E-state index contributed by atoms with van der Waals surface area (Å²) in [6, 6.07) is 9.43. The van der Waals surface area contributed by atoms with Crippen molar-refractivity contribution in [2.24, 2.45) is 0 Å². The Morgan fingerprint density at radius 1 is 1.11 bits per heavy atom. The van der Waals surface area contributed by atoms with Crippen LogP contribution in [0.3, 0.4) is 0 Å². The molecular formula is C20H16FNO6. The molecule has 0 atom stereocenters. The van der Waals surface area contributed by atoms with E-state index in [1.54, 1.807) is 0 Å². The number of para-hydroxylation sites is 1. The van der Waals surface area contributed by atoms with Crippen LogP contribution in [0.1, 0.15) is 30.4 Å². The first-order valence-corrected chi connectivity index (χ1v) is 8.53. The van der Waals surface area contributed by atoms with Crippen LogP contribution in [0.15, 0.2) is 48.0 Å². The Balaban J connectivity index is 2.00. The minimum Gasteiger partial charge on any atom is -0.506 e. The lowest BCUT2D eigenvalue weighted by Gasteiger charge is -2.15. The smallest absolute Gasteiger partial charge is 0.321 e. The maximum Gasteiger partial charge on any atom is 0.321 e. The average Bonchev–Trinajstić information content (AvgIpc) is 2.66. The molecule has 144 valence electrons. The monoisotopic (exact) mass is 385 g/mol. The van der Waals surface area contributed by atoms with Gasteiger partial charge in [0, 0.05) is 12.8 Å². The number of nitro benzene ring substituents is 1. The van der Waals surface area contributed by atoms with Gasteiger partial charge in [-0.3, -0.25) is 19.7 Å². The number of benzene rings is 2. The topological polar surface area (TPSA) is 107 Å². The van der Waals surface area contributed by atoms with Crippen molar-refractivity contribution in [3.8, 4) is 5.75 Å². The highest BCUT2D eigenvalue weighted by Gasteiger charge is 2.32. The van der Waals surface area contributed by atoms with Crippen molar-refractivity contribution < 1.29 is 28.7 Å². The van der Waals surface area contributed by atoms with Gasteiger partial charge in [0.25, 0.3) is 0 Å². The SMILES string of the molecule is O=C1CCCC(=O)C1=C(O)c1cccc(OCc2ccc(F)cc2)c1[N+](=O)[O-]. The fraction of sp³-hybridized carbons (Fsp3) is 0.200. The van der Waals surface area contributed by atoms with Crippen LogP contribution in [-0.4, -0.2) is 21.6 Å². The van der Waals surface area contributed by atoms with E-state index in [9.17, 15) is 29.2 Å². The van der Waals surface area contributed by atoms with E-state index in [-0.39, 0.29) is 30.8 Å². The summed E-state index contributed by atoms with van der Waals surface area (Å²) in [4.78, 5) is 35.0. The highest BCUT2D eigenvalue weighted by Crippen LogP contribution is 2.37. The highest BCUT2D eigenvalue weighted by atomic mass is 19.1. The van der Waals surface area contributed by atoms with E-state index in [0.717, 1.165) is 0 Å². The average molecular weight is 385 g/mol. The molecule has 1 aliphatic carbocycles. The molecule has 1 fully saturated rings. The minimum absolute atomic E-state index is 0.0697. The van der Waals surface area contributed by atoms with Crippen molar-refractivity contribution in [2.75, 3.05) is 0 Å². The van der Waals surface area contributed by atoms with Gasteiger partial charge in [0.1, 0.15) is 23.8 Å². The van der Waals surface area contributed by atoms with Crippen LogP contribution in [0.2, 0.25) is 0 Å². The second-order valence-corrected chi connectivity index (χ2v) is 6.25. The van der Waals surface area contributed by atoms with E-state index in [2.05, 4.69) is 0 Å². The molecule has 0 spiro atoms. The standard InChI is InChI=1S/C20H16FNO6/c21-13-9-7-12(8-10-13)11-28-17-6-1-3-14(19(17)22(26)27)20(25)18-15(23)4-2-5-16(18)24/h1,3,6-10,25H,2,4-5,11H2. The maximum atomic E-state index is 13.0. The number of carbonyl (C=O) groups excluding carboxylic acids is 2. The summed E-state index contributed by atoms with van der Waals surface area (Å²) in [5.74, 6) is -2.36. The number of ether oxygens (including phenoxy) is 1. The number of rotatable bonds is 5. The first kappa shape index (κ1) is 19.2. The van der Waals surface area contributed by atoms with Crippen LogP contribution in [0.4, 0.5) is 10.1 Å². The van der Waals surface area contributed by atoms with Crippen molar-refractivity contribution in [3.63, 3.8) is 0 Å². The van der Waals surface area contributed by atoms with Crippen molar-refractivity contribution in [1.29, 1.82) is 0 Å². The van der Waals surface area contributed by atoms with E-state index in [1.807, 2.05) is 0 Å². The zero-order valence-electron chi connectivity index (χ0n) is 14.7. The van der Waals surface area contributed by atoms with Gasteiger partial charge >= 0.3 is 5.69 Å². The molecule has 0 aromatic heterocycles. The van der Waals surface area contributed by atoms with E-state index >= 15 is 0 Å². The fourth-order valence-corrected chi connectivity index (χ4v) is 2.97. The maximum absolute atomic E-state index is 13.0. The Morgan fingerprint density at radius 3 is 2.36 bits per heavy atom. The Kier molecular flexibility index (Phi) is 5.49. The lowest BCUT2D eigenvalue weighted by Crippen LogP contribution is -2.20. The number of nitrogens with zero attached hydrogens (tertiary/aromatic N) is 1. The molecule has 0 radical (unpaired) electrons. The second kappa shape index (κ2) is 7.99. The van der Waals surface area contributed by atoms with E-state index in [1.165, 1.54) is 42.5 Å². The summed E-state index contributed by atoms with van der Waals surface area (Å²) in [5, 5.41) is 22.1. The number of allylic oxidation sites excluding steroid dienone is 1. The van der Waals surface area contributed by atoms with Crippen LogP contribution in [0.5, 0.6) is 5.75 Å². The number of Topliss-reactive ketones (excluding diaryl/α,β-unsaturated/α-hetero) is 2. The molecular weight excluding hydrogens is 369 g/mol. The molecule has 0 saturated heterocycles. The van der Waals surface area contributed by atoms with Gasteiger partial charge in [-0.2, -0.15) is 0 Å². The largest absolute Gasteiger partial charge is 0.506 e. The van der Waals surface area contributed by atoms with Crippen LogP contribution in [-0.2, 0) is 16.2 Å². The third kappa shape index (κ3) is 3.90. The zero-order chi connectivity index (χ0) is 20.3. The van der Waals surface area contributed by atoms with Crippen LogP contribution in [0, 0.1) is 15.9 Å². The second-order valence-electron chi connectivity index (χ2n) is 6.25. The predicted molar refractivity (Wildman–Crippen MR) is 97.2 cm³/mol. The molecule has 3 rings (SSSR count). The molecule has 2 aromatic carbocycles. The molecule has 0 amide bonds. The highest BCUT2D eigenvalue weighted by molar-refractivity contribution is 6.26. The number of hydrogen-bond acceptors (Lipinski definition) is 6. The molecule has 7 nitrogen and oxygen atoms in total. The summed E-state index contributed by atoms with van der Waals surface area (Å²) in [6.07, 6.45) is 0.580. The molecule has 2 aromatic rings. The summed E-state index contributed by atoms with van der Waals surface area (Å²) in [5.41, 5.74) is -0.646. The van der Waals surface area contributed by atoms with E-state index < -0.39 is 39.3 Å². The van der Waals surface area contributed by atoms with Crippen molar-refractivity contribution in [2.45, 2.75) is 25.9 Å². The number of aliphatic hydroxyl groups excluding tert-OH is 1. The molecule has 1 N–H and O–H groups in total. The Labute approximate surface area is 159 Å². The summed E-state index contributed by atoms with van der Waals surface area (Å²) in [6.45, 7) is -0.0697. The van der Waals surface area contributed by atoms with Gasteiger partial charge in [-0.15, -0.1) is 0 Å². The van der Waals surface area contributed by atoms with Crippen LogP contribution in [0.25, 0.3) is 5.76 Å². The summed E-state index contributed by atoms with van der Waals surface area (Å²) >= 11 is 0. The molecule has 28 heavy (non-hydrogen) atoms. The van der Waals surface area contributed by atoms with Gasteiger partial charge in [0.05, 0.1) is 10.5 Å². The lowest BCUT2D eigenvalue weighted by molar-refractivity contribution is -0.386. The molecule has 0 unspecified atom stereocenters. The summed E-state index contributed by atoms with van der Waals surface area (Å²) < 4.78 is 18.5. The van der Waals surface area contributed by atoms with Gasteiger partial charge in [-0.1, -0.05) is 18.2 Å². The minimum atomic E-state index is -0.746. The third-order valence-electron chi connectivity index (χ3n) is 4.35. The van der Waals surface area contributed by atoms with Gasteiger partial charge in [0.2, 0.25) is 0 Å². The van der Waals surface area contributed by atoms with Crippen LogP contribution < -0.4 is 4.74 Å². The molecule has 0 aliphatic heterocycles.